The predicted octanol–water partition coefficient (Wildman–Crippen LogP) is -2.36. The molecular weight excluding hydrogens is 276 g/mol. The number of hydrogen-bond donors (Lipinski definition) is 7. The minimum Gasteiger partial charge on any atom is -0.391 e. The third-order valence-corrected chi connectivity index (χ3v) is 2.49. The molecule has 10 N–H and O–H groups in total. The Balaban J connectivity index is 5.04. The highest BCUT2D eigenvalue weighted by molar-refractivity contribution is 5.93. The van der Waals surface area contributed by atoms with Gasteiger partial charge in [0.05, 0.1) is 6.54 Å². The minimum atomic E-state index is -0.886. The van der Waals surface area contributed by atoms with E-state index in [0.29, 0.717) is 0 Å². The number of carbonyl (C=O) groups is 2. The van der Waals surface area contributed by atoms with Gasteiger partial charge in [0.15, 0.2) is 0 Å². The molecular formula is C11H24N8O2. The number of nitrogens with one attached hydrogen (secondary N) is 4. The maximum atomic E-state index is 11.9. The van der Waals surface area contributed by atoms with Crippen LogP contribution in [0.2, 0.25) is 0 Å². The molecule has 10 nitrogen and oxygen atoms in total. The van der Waals surface area contributed by atoms with Crippen molar-refractivity contribution in [3.8, 4) is 0 Å². The van der Waals surface area contributed by atoms with Crippen molar-refractivity contribution in [2.24, 2.45) is 22.7 Å². The summed E-state index contributed by atoms with van der Waals surface area (Å²) in [4.78, 5) is 23.1. The first-order chi connectivity index (χ1) is 9.50. The van der Waals surface area contributed by atoms with Crippen molar-refractivity contribution >= 4 is 17.6 Å². The van der Waals surface area contributed by atoms with Crippen molar-refractivity contribution in [3.05, 3.63) is 11.5 Å². The monoisotopic (exact) mass is 300 g/mol. The Morgan fingerprint density at radius 2 is 1.76 bits per heavy atom. The molecule has 10 heteroatoms. The maximum absolute atomic E-state index is 11.9. The summed E-state index contributed by atoms with van der Waals surface area (Å²) < 4.78 is 0. The smallest absolute Gasteiger partial charge is 0.268 e. The number of hydrogen-bond acceptors (Lipinski definition) is 7. The van der Waals surface area contributed by atoms with Crippen LogP contribution >= 0.6 is 0 Å². The van der Waals surface area contributed by atoms with Gasteiger partial charge in [-0.25, -0.2) is 0 Å². The number of nitrogens with zero attached hydrogens (tertiary/aromatic N) is 1. The molecule has 120 valence electrons. The molecule has 0 aromatic carbocycles. The zero-order chi connectivity index (χ0) is 16.8. The van der Waals surface area contributed by atoms with Crippen LogP contribution in [0.4, 0.5) is 0 Å². The van der Waals surface area contributed by atoms with Crippen LogP contribution in [-0.2, 0) is 9.59 Å². The Morgan fingerprint density at radius 1 is 1.24 bits per heavy atom. The third-order valence-electron chi connectivity index (χ3n) is 2.49. The molecule has 0 unspecified atom stereocenters. The molecule has 0 aromatic rings. The molecule has 0 aliphatic carbocycles. The fraction of sp³-hybridized carbons (Fsp3) is 0.545. The van der Waals surface area contributed by atoms with Crippen molar-refractivity contribution in [2.75, 3.05) is 13.6 Å². The van der Waals surface area contributed by atoms with Crippen LogP contribution in [0.1, 0.15) is 20.8 Å². The number of likely N-dealkylation sites (N-methyl/N-ethyl adjacent to an activating group) is 1. The van der Waals surface area contributed by atoms with E-state index in [1.165, 1.54) is 12.1 Å². The summed E-state index contributed by atoms with van der Waals surface area (Å²) in [5.41, 5.74) is 11.9. The largest absolute Gasteiger partial charge is 0.391 e. The van der Waals surface area contributed by atoms with Gasteiger partial charge in [-0.05, 0) is 0 Å². The lowest BCUT2D eigenvalue weighted by molar-refractivity contribution is -0.127. The van der Waals surface area contributed by atoms with Crippen molar-refractivity contribution in [3.63, 3.8) is 0 Å². The number of amides is 2. The summed E-state index contributed by atoms with van der Waals surface area (Å²) in [7, 11) is 1.53. The minimum absolute atomic E-state index is 0.0333. The first-order valence-electron chi connectivity index (χ1n) is 6.13. The Kier molecular flexibility index (Phi) is 6.62. The molecule has 0 spiro atoms. The first-order valence-corrected chi connectivity index (χ1v) is 6.13. The molecule has 0 heterocycles. The number of amidine groups is 1. The molecule has 0 radical (unpaired) electrons. The predicted molar refractivity (Wildman–Crippen MR) is 78.8 cm³/mol. The van der Waals surface area contributed by atoms with Crippen LogP contribution in [-0.4, -0.2) is 36.3 Å². The van der Waals surface area contributed by atoms with Crippen LogP contribution in [0.15, 0.2) is 11.5 Å². The van der Waals surface area contributed by atoms with Crippen LogP contribution < -0.4 is 33.5 Å². The van der Waals surface area contributed by atoms with Crippen LogP contribution in [0.3, 0.4) is 0 Å². The van der Waals surface area contributed by atoms with E-state index in [2.05, 4.69) is 16.2 Å². The van der Waals surface area contributed by atoms with E-state index >= 15 is 0 Å². The molecule has 0 aromatic heterocycles. The molecule has 0 rings (SSSR count). The third kappa shape index (κ3) is 6.10. The molecule has 21 heavy (non-hydrogen) atoms. The SMILES string of the molecule is CN(NN)C(=N)CN/C(NC(=O)C(C)(C)C)=C(\N)C(N)=O. The second kappa shape index (κ2) is 7.45. The van der Waals surface area contributed by atoms with Gasteiger partial charge in [-0.1, -0.05) is 20.8 Å². The van der Waals surface area contributed by atoms with Gasteiger partial charge < -0.3 is 22.1 Å². The summed E-state index contributed by atoms with van der Waals surface area (Å²) >= 11 is 0. The lowest BCUT2D eigenvalue weighted by Crippen LogP contribution is -2.49. The zero-order valence-corrected chi connectivity index (χ0v) is 12.7. The van der Waals surface area contributed by atoms with E-state index in [1.54, 1.807) is 20.8 Å². The van der Waals surface area contributed by atoms with Crippen molar-refractivity contribution < 1.29 is 9.59 Å². The van der Waals surface area contributed by atoms with Gasteiger partial charge in [0.1, 0.15) is 17.4 Å². The summed E-state index contributed by atoms with van der Waals surface area (Å²) in [6.45, 7) is 5.08. The number of carbonyl (C=O) groups excluding carboxylic acids is 2. The van der Waals surface area contributed by atoms with Crippen molar-refractivity contribution in [1.29, 1.82) is 5.41 Å². The summed E-state index contributed by atoms with van der Waals surface area (Å²) in [5.74, 6) is 3.92. The van der Waals surface area contributed by atoms with E-state index in [1.807, 2.05) is 0 Å². The molecule has 0 aliphatic rings. The second-order valence-electron chi connectivity index (χ2n) is 5.35. The van der Waals surface area contributed by atoms with E-state index in [0.717, 1.165) is 0 Å². The fourth-order valence-corrected chi connectivity index (χ4v) is 1.000. The molecule has 0 bridgehead atoms. The zero-order valence-electron chi connectivity index (χ0n) is 12.7. The topological polar surface area (TPSA) is 175 Å². The Hall–Kier alpha value is -2.33. The Labute approximate surface area is 123 Å². The second-order valence-corrected chi connectivity index (χ2v) is 5.35. The van der Waals surface area contributed by atoms with Gasteiger partial charge in [-0.15, -0.1) is 0 Å². The summed E-state index contributed by atoms with van der Waals surface area (Å²) in [6, 6.07) is 0. The van der Waals surface area contributed by atoms with Gasteiger partial charge >= 0.3 is 0 Å². The lowest BCUT2D eigenvalue weighted by Gasteiger charge is -2.23. The van der Waals surface area contributed by atoms with Gasteiger partial charge in [0.25, 0.3) is 5.91 Å². The average molecular weight is 300 g/mol. The van der Waals surface area contributed by atoms with Gasteiger partial charge in [0, 0.05) is 12.5 Å². The standard InChI is InChI=1S/C11H24N8O2/c1-11(2,3)10(21)17-9(7(13)8(14)20)16-5-6(12)19(4)18-15/h12,16,18H,5,13,15H2,1-4H3,(H2,14,20)(H,17,21)/b9-7+,12-6?. The van der Waals surface area contributed by atoms with Gasteiger partial charge in [0.2, 0.25) is 5.91 Å². The quantitative estimate of drug-likeness (QED) is 0.0943. The maximum Gasteiger partial charge on any atom is 0.268 e. The van der Waals surface area contributed by atoms with Crippen LogP contribution in [0.5, 0.6) is 0 Å². The van der Waals surface area contributed by atoms with Gasteiger partial charge in [-0.3, -0.25) is 25.8 Å². The molecule has 0 saturated carbocycles. The molecule has 0 saturated heterocycles. The number of rotatable bonds is 6. The lowest BCUT2D eigenvalue weighted by atomic mass is 9.96. The molecule has 0 fully saturated rings. The highest BCUT2D eigenvalue weighted by Crippen LogP contribution is 2.13. The number of hydrazine groups is 2. The molecule has 2 amide bonds. The van der Waals surface area contributed by atoms with E-state index in [4.69, 9.17) is 22.7 Å². The normalized spacial score (nSPS) is 12.2. The molecule has 0 aliphatic heterocycles. The number of primary amides is 1. The molecule has 0 atom stereocenters. The van der Waals surface area contributed by atoms with E-state index in [9.17, 15) is 9.59 Å². The Morgan fingerprint density at radius 3 is 2.14 bits per heavy atom. The van der Waals surface area contributed by atoms with Crippen molar-refractivity contribution in [2.45, 2.75) is 20.8 Å². The van der Waals surface area contributed by atoms with Crippen LogP contribution in [0.25, 0.3) is 0 Å². The average Bonchev–Trinajstić information content (AvgIpc) is 2.39. The highest BCUT2D eigenvalue weighted by atomic mass is 16.2. The summed E-state index contributed by atoms with van der Waals surface area (Å²) in [6.07, 6.45) is 0. The Bertz CT molecular complexity index is 452. The van der Waals surface area contributed by atoms with Crippen molar-refractivity contribution in [1.82, 2.24) is 21.2 Å². The first kappa shape index (κ1) is 18.7. The number of nitrogens with two attached hydrogens (primary N) is 3. The summed E-state index contributed by atoms with van der Waals surface area (Å²) in [5, 5.41) is 14.1. The fourth-order valence-electron chi connectivity index (χ4n) is 1.000. The van der Waals surface area contributed by atoms with Gasteiger partial charge in [-0.2, -0.15) is 5.53 Å². The van der Waals surface area contributed by atoms with Crippen LogP contribution in [0, 0.1) is 10.8 Å². The highest BCUT2D eigenvalue weighted by Gasteiger charge is 2.23. The van der Waals surface area contributed by atoms with E-state index in [-0.39, 0.29) is 29.8 Å². The van der Waals surface area contributed by atoms with E-state index < -0.39 is 11.3 Å².